The Bertz CT molecular complexity index is 1300. The van der Waals surface area contributed by atoms with Gasteiger partial charge in [0.2, 0.25) is 4.80 Å². The average Bonchev–Trinajstić information content (AvgIpc) is 3.12. The minimum Gasteiger partial charge on any atom is -0.463 e. The van der Waals surface area contributed by atoms with Gasteiger partial charge >= 0.3 is 10.8 Å². The Balaban J connectivity index is 1.65. The van der Waals surface area contributed by atoms with Gasteiger partial charge in [-0.2, -0.15) is 0 Å². The first-order valence-electron chi connectivity index (χ1n) is 10.2. The van der Waals surface area contributed by atoms with Gasteiger partial charge in [-0.3, -0.25) is 9.48 Å². The third-order valence-electron chi connectivity index (χ3n) is 4.70. The lowest BCUT2D eigenvalue weighted by molar-refractivity contribution is -0.145. The number of fused-ring (bicyclic) bond motifs is 1. The van der Waals surface area contributed by atoms with Gasteiger partial charge < -0.3 is 14.2 Å². The number of benzene rings is 1. The van der Waals surface area contributed by atoms with Crippen LogP contribution < -0.4 is 19.1 Å². The summed E-state index contributed by atoms with van der Waals surface area (Å²) in [5.74, 6) is -0.895. The second kappa shape index (κ2) is 10.2. The Hall–Kier alpha value is -3.18. The largest absolute Gasteiger partial charge is 0.463 e. The fraction of sp³-hybridized carbons (Fsp3) is 0.333. The van der Waals surface area contributed by atoms with E-state index in [-0.39, 0.29) is 46.2 Å². The van der Waals surface area contributed by atoms with Crippen LogP contribution in [0.2, 0.25) is 5.02 Å². The lowest BCUT2D eigenvalue weighted by atomic mass is 10.3. The van der Waals surface area contributed by atoms with E-state index in [1.807, 2.05) is 0 Å². The highest BCUT2D eigenvalue weighted by molar-refractivity contribution is 7.06. The van der Waals surface area contributed by atoms with Crippen LogP contribution in [0.5, 0.6) is 17.4 Å². The first-order chi connectivity index (χ1) is 16.0. The summed E-state index contributed by atoms with van der Waals surface area (Å²) in [6, 6.07) is 5.60. The van der Waals surface area contributed by atoms with Gasteiger partial charge in [0.25, 0.3) is 5.88 Å². The number of pyridine rings is 1. The van der Waals surface area contributed by atoms with E-state index in [1.54, 1.807) is 28.4 Å². The van der Waals surface area contributed by atoms with E-state index in [0.29, 0.717) is 17.9 Å². The van der Waals surface area contributed by atoms with Crippen molar-refractivity contribution in [1.29, 1.82) is 0 Å². The fourth-order valence-electron chi connectivity index (χ4n) is 3.21. The molecule has 0 saturated carbocycles. The molecule has 3 aromatic rings. The number of rotatable bonds is 7. The minimum absolute atomic E-state index is 0.00592. The predicted octanol–water partition coefficient (Wildman–Crippen LogP) is 3.66. The monoisotopic (exact) mass is 494 g/mol. The SMILES string of the molecule is CCOC(=O)COc1ncccc1Oc1cc(/N=c2\sc(=O)n3n2CCCC3)c(F)cc1Cl. The van der Waals surface area contributed by atoms with E-state index in [2.05, 4.69) is 9.98 Å². The van der Waals surface area contributed by atoms with E-state index in [1.165, 1.54) is 12.3 Å². The molecule has 0 spiro atoms. The highest BCUT2D eigenvalue weighted by atomic mass is 35.5. The molecule has 2 aromatic heterocycles. The van der Waals surface area contributed by atoms with Crippen molar-refractivity contribution < 1.29 is 23.4 Å². The molecule has 0 N–H and O–H groups in total. The molecule has 0 radical (unpaired) electrons. The van der Waals surface area contributed by atoms with Crippen molar-refractivity contribution in [2.75, 3.05) is 13.2 Å². The Kier molecular flexibility index (Phi) is 7.09. The molecule has 3 heterocycles. The first-order valence-corrected chi connectivity index (χ1v) is 11.4. The second-order valence-corrected chi connectivity index (χ2v) is 8.28. The lowest BCUT2D eigenvalue weighted by Crippen LogP contribution is -2.31. The van der Waals surface area contributed by atoms with Crippen molar-refractivity contribution in [2.45, 2.75) is 32.9 Å². The molecule has 0 aliphatic carbocycles. The molecular formula is C21H20ClFN4O5S. The summed E-state index contributed by atoms with van der Waals surface area (Å²) in [7, 11) is 0. The zero-order chi connectivity index (χ0) is 23.4. The molecule has 9 nitrogen and oxygen atoms in total. The highest BCUT2D eigenvalue weighted by Gasteiger charge is 2.17. The Morgan fingerprint density at radius 2 is 2.06 bits per heavy atom. The van der Waals surface area contributed by atoms with Crippen molar-refractivity contribution in [3.8, 4) is 17.4 Å². The molecule has 174 valence electrons. The molecule has 1 aromatic carbocycles. The van der Waals surface area contributed by atoms with Crippen LogP contribution in [-0.4, -0.2) is 33.5 Å². The van der Waals surface area contributed by atoms with Crippen LogP contribution in [0.3, 0.4) is 0 Å². The van der Waals surface area contributed by atoms with Gasteiger partial charge in [0.05, 0.1) is 11.6 Å². The van der Waals surface area contributed by atoms with Crippen LogP contribution >= 0.6 is 22.9 Å². The van der Waals surface area contributed by atoms with Crippen LogP contribution in [0, 0.1) is 5.82 Å². The summed E-state index contributed by atoms with van der Waals surface area (Å²) in [6.07, 6.45) is 3.29. The third-order valence-corrected chi connectivity index (χ3v) is 5.86. The summed E-state index contributed by atoms with van der Waals surface area (Å²) >= 11 is 7.15. The standard InChI is InChI=1S/C21H20ClFN4O5S/c1-2-30-18(28)12-31-19-16(6-5-7-24-19)32-17-11-15(14(23)10-13(17)22)25-20-26-8-3-4-9-27(26)21(29)33-20/h5-7,10-11H,2-4,8-9,12H2,1H3/b25-20-. The zero-order valence-corrected chi connectivity index (χ0v) is 19.2. The second-order valence-electron chi connectivity index (χ2n) is 6.95. The maximum atomic E-state index is 14.6. The van der Waals surface area contributed by atoms with Crippen LogP contribution in [0.15, 0.2) is 40.2 Å². The van der Waals surface area contributed by atoms with Gasteiger partial charge in [0, 0.05) is 25.4 Å². The molecular weight excluding hydrogens is 475 g/mol. The van der Waals surface area contributed by atoms with Crippen molar-refractivity contribution in [3.63, 3.8) is 0 Å². The molecule has 1 aliphatic rings. The Labute approximate surface area is 196 Å². The van der Waals surface area contributed by atoms with Crippen molar-refractivity contribution in [3.05, 3.63) is 55.8 Å². The molecule has 0 atom stereocenters. The summed E-state index contributed by atoms with van der Waals surface area (Å²) in [5.41, 5.74) is -0.0324. The molecule has 33 heavy (non-hydrogen) atoms. The van der Waals surface area contributed by atoms with E-state index in [9.17, 15) is 14.0 Å². The Morgan fingerprint density at radius 3 is 2.85 bits per heavy atom. The van der Waals surface area contributed by atoms with Gasteiger partial charge in [-0.1, -0.05) is 11.6 Å². The van der Waals surface area contributed by atoms with Gasteiger partial charge in [0.1, 0.15) is 11.4 Å². The number of aromatic nitrogens is 3. The van der Waals surface area contributed by atoms with Crippen LogP contribution in [0.1, 0.15) is 19.8 Å². The van der Waals surface area contributed by atoms with Crippen molar-refractivity contribution >= 4 is 34.6 Å². The van der Waals surface area contributed by atoms with Gasteiger partial charge in [-0.25, -0.2) is 23.8 Å². The normalized spacial score (nSPS) is 13.5. The summed E-state index contributed by atoms with van der Waals surface area (Å²) in [4.78, 5) is 32.5. The third kappa shape index (κ3) is 5.25. The van der Waals surface area contributed by atoms with E-state index < -0.39 is 11.8 Å². The lowest BCUT2D eigenvalue weighted by Gasteiger charge is -2.16. The van der Waals surface area contributed by atoms with Crippen LogP contribution in [0.25, 0.3) is 0 Å². The molecule has 0 amide bonds. The smallest absolute Gasteiger partial charge is 0.344 e. The highest BCUT2D eigenvalue weighted by Crippen LogP contribution is 2.37. The van der Waals surface area contributed by atoms with Gasteiger partial charge in [-0.05, 0) is 49.3 Å². The van der Waals surface area contributed by atoms with E-state index >= 15 is 0 Å². The van der Waals surface area contributed by atoms with Crippen LogP contribution in [0.4, 0.5) is 10.1 Å². The number of esters is 1. The average molecular weight is 495 g/mol. The molecule has 0 fully saturated rings. The molecule has 1 aliphatic heterocycles. The number of ether oxygens (including phenoxy) is 3. The van der Waals surface area contributed by atoms with Crippen LogP contribution in [-0.2, 0) is 22.6 Å². The molecule has 0 bridgehead atoms. The van der Waals surface area contributed by atoms with Gasteiger partial charge in [0.15, 0.2) is 18.2 Å². The Morgan fingerprint density at radius 1 is 1.27 bits per heavy atom. The first kappa shape index (κ1) is 23.0. The molecule has 0 unspecified atom stereocenters. The topological polar surface area (TPSA) is 96.9 Å². The summed E-state index contributed by atoms with van der Waals surface area (Å²) in [6.45, 7) is 2.80. The van der Waals surface area contributed by atoms with E-state index in [0.717, 1.165) is 30.2 Å². The number of carbonyl (C=O) groups is 1. The number of carbonyl (C=O) groups excluding carboxylic acids is 1. The number of hydrogen-bond acceptors (Lipinski definition) is 8. The zero-order valence-electron chi connectivity index (χ0n) is 17.6. The summed E-state index contributed by atoms with van der Waals surface area (Å²) in [5, 5.41) is 0.00592. The predicted molar refractivity (Wildman–Crippen MR) is 119 cm³/mol. The quantitative estimate of drug-likeness (QED) is 0.465. The molecule has 12 heteroatoms. The maximum Gasteiger partial charge on any atom is 0.344 e. The van der Waals surface area contributed by atoms with Gasteiger partial charge in [-0.15, -0.1) is 0 Å². The van der Waals surface area contributed by atoms with Crippen molar-refractivity contribution in [2.24, 2.45) is 4.99 Å². The minimum atomic E-state index is -0.659. The number of nitrogens with zero attached hydrogens (tertiary/aromatic N) is 4. The number of hydrogen-bond donors (Lipinski definition) is 0. The maximum absolute atomic E-state index is 14.6. The summed E-state index contributed by atoms with van der Waals surface area (Å²) < 4.78 is 34.1. The molecule has 4 rings (SSSR count). The van der Waals surface area contributed by atoms with Crippen molar-refractivity contribution in [1.82, 2.24) is 14.3 Å². The number of halogens is 2. The molecule has 0 saturated heterocycles. The fourth-order valence-corrected chi connectivity index (χ4v) is 4.29. The van der Waals surface area contributed by atoms with E-state index in [4.69, 9.17) is 25.8 Å².